The van der Waals surface area contributed by atoms with Crippen LogP contribution in [0.2, 0.25) is 0 Å². The van der Waals surface area contributed by atoms with Gasteiger partial charge in [0.15, 0.2) is 0 Å². The summed E-state index contributed by atoms with van der Waals surface area (Å²) in [6.07, 6.45) is 1.73. The number of fused-ring (bicyclic) bond motifs is 1. The third-order valence-corrected chi connectivity index (χ3v) is 8.10. The zero-order valence-corrected chi connectivity index (χ0v) is 17.1. The van der Waals surface area contributed by atoms with Crippen LogP contribution in [-0.4, -0.2) is 43.8 Å². The van der Waals surface area contributed by atoms with E-state index in [-0.39, 0.29) is 16.7 Å². The Balaban J connectivity index is 1.57. The Morgan fingerprint density at radius 1 is 1.18 bits per heavy atom. The number of nitrogens with zero attached hydrogens (tertiary/aromatic N) is 2. The van der Waals surface area contributed by atoms with E-state index >= 15 is 0 Å². The van der Waals surface area contributed by atoms with Crippen LogP contribution in [-0.2, 0) is 10.0 Å². The summed E-state index contributed by atoms with van der Waals surface area (Å²) in [5, 5.41) is 3.53. The topological polar surface area (TPSA) is 79.4 Å². The minimum atomic E-state index is -3.60. The molecule has 1 N–H and O–H groups in total. The van der Waals surface area contributed by atoms with Gasteiger partial charge in [0, 0.05) is 31.6 Å². The van der Waals surface area contributed by atoms with Crippen LogP contribution in [0.1, 0.15) is 34.1 Å². The van der Waals surface area contributed by atoms with Gasteiger partial charge in [0.1, 0.15) is 0 Å². The average molecular weight is 416 g/mol. The van der Waals surface area contributed by atoms with Crippen molar-refractivity contribution in [3.05, 3.63) is 59.1 Å². The average Bonchev–Trinajstić information content (AvgIpc) is 3.18. The molecule has 146 valence electrons. The van der Waals surface area contributed by atoms with E-state index in [1.54, 1.807) is 34.8 Å². The number of hydrogen-bond acceptors (Lipinski definition) is 5. The normalized spacial score (nSPS) is 18.2. The Morgan fingerprint density at radius 3 is 2.64 bits per heavy atom. The second kappa shape index (κ2) is 7.62. The van der Waals surface area contributed by atoms with Crippen molar-refractivity contribution in [1.29, 1.82) is 0 Å². The van der Waals surface area contributed by atoms with Crippen LogP contribution < -0.4 is 5.32 Å². The van der Waals surface area contributed by atoms with Crippen molar-refractivity contribution < 1.29 is 13.2 Å². The van der Waals surface area contributed by atoms with Crippen LogP contribution in [0.4, 0.5) is 0 Å². The lowest BCUT2D eigenvalue weighted by atomic mass is 10.0. The number of aromatic nitrogens is 1. The Bertz CT molecular complexity index is 1070. The largest absolute Gasteiger partial charge is 0.355 e. The Labute approximate surface area is 168 Å². The summed E-state index contributed by atoms with van der Waals surface area (Å²) >= 11 is 1.64. The fourth-order valence-electron chi connectivity index (χ4n) is 3.50. The maximum atomic E-state index is 13.1. The molecule has 1 saturated heterocycles. The quantitative estimate of drug-likeness (QED) is 0.710. The monoisotopic (exact) mass is 415 g/mol. The first-order valence-corrected chi connectivity index (χ1v) is 11.4. The van der Waals surface area contributed by atoms with Gasteiger partial charge < -0.3 is 5.32 Å². The Hall–Kier alpha value is -2.29. The van der Waals surface area contributed by atoms with E-state index < -0.39 is 10.0 Å². The van der Waals surface area contributed by atoms with Gasteiger partial charge in [-0.05, 0) is 49.2 Å². The first kappa shape index (κ1) is 19.0. The van der Waals surface area contributed by atoms with Crippen molar-refractivity contribution in [1.82, 2.24) is 14.6 Å². The molecule has 0 unspecified atom stereocenters. The smallest absolute Gasteiger partial charge is 0.251 e. The predicted molar refractivity (Wildman–Crippen MR) is 110 cm³/mol. The SMILES string of the molecule is CNC(=O)c1ccc(S(=O)(=O)N2CCC[C@H](c3nc4ccccc4s3)C2)cc1. The Morgan fingerprint density at radius 2 is 1.93 bits per heavy atom. The number of carbonyl (C=O) groups excluding carboxylic acids is 1. The zero-order chi connectivity index (χ0) is 19.7. The second-order valence-electron chi connectivity index (χ2n) is 6.83. The first-order chi connectivity index (χ1) is 13.5. The highest BCUT2D eigenvalue weighted by molar-refractivity contribution is 7.89. The number of benzene rings is 2. The molecule has 2 aromatic carbocycles. The first-order valence-electron chi connectivity index (χ1n) is 9.17. The number of nitrogens with one attached hydrogen (secondary N) is 1. The number of amides is 1. The van der Waals surface area contributed by atoms with Gasteiger partial charge >= 0.3 is 0 Å². The van der Waals surface area contributed by atoms with E-state index in [9.17, 15) is 13.2 Å². The van der Waals surface area contributed by atoms with Gasteiger partial charge in [0.25, 0.3) is 5.91 Å². The molecular weight excluding hydrogens is 394 g/mol. The molecule has 6 nitrogen and oxygen atoms in total. The van der Waals surface area contributed by atoms with Crippen molar-refractivity contribution in [3.63, 3.8) is 0 Å². The molecule has 0 bridgehead atoms. The van der Waals surface area contributed by atoms with Crippen LogP contribution in [0.25, 0.3) is 10.2 Å². The molecule has 1 aromatic heterocycles. The number of para-hydroxylation sites is 1. The molecule has 0 radical (unpaired) electrons. The molecular formula is C20H21N3O3S2. The number of hydrogen-bond donors (Lipinski definition) is 1. The van der Waals surface area contributed by atoms with Gasteiger partial charge in [0.05, 0.1) is 20.1 Å². The summed E-state index contributed by atoms with van der Waals surface area (Å²) in [6, 6.07) is 14.1. The molecule has 1 atom stereocenters. The maximum absolute atomic E-state index is 13.1. The third kappa shape index (κ3) is 3.55. The zero-order valence-electron chi connectivity index (χ0n) is 15.5. The summed E-state index contributed by atoms with van der Waals surface area (Å²) in [4.78, 5) is 16.6. The van der Waals surface area contributed by atoms with Gasteiger partial charge in [-0.15, -0.1) is 11.3 Å². The van der Waals surface area contributed by atoms with Gasteiger partial charge in [-0.1, -0.05) is 12.1 Å². The number of rotatable bonds is 4. The lowest BCUT2D eigenvalue weighted by molar-refractivity contribution is 0.0963. The van der Waals surface area contributed by atoms with Crippen LogP contribution in [0.3, 0.4) is 0 Å². The van der Waals surface area contributed by atoms with E-state index in [1.807, 2.05) is 24.3 Å². The Kier molecular flexibility index (Phi) is 5.18. The molecule has 1 amide bonds. The summed E-state index contributed by atoms with van der Waals surface area (Å²) < 4.78 is 28.9. The van der Waals surface area contributed by atoms with E-state index in [1.165, 1.54) is 12.1 Å². The highest BCUT2D eigenvalue weighted by Crippen LogP contribution is 2.34. The van der Waals surface area contributed by atoms with Crippen LogP contribution >= 0.6 is 11.3 Å². The lowest BCUT2D eigenvalue weighted by Crippen LogP contribution is -2.39. The molecule has 0 saturated carbocycles. The number of piperidine rings is 1. The molecule has 1 aliphatic rings. The summed E-state index contributed by atoms with van der Waals surface area (Å²) in [5.41, 5.74) is 1.40. The summed E-state index contributed by atoms with van der Waals surface area (Å²) in [7, 11) is -2.06. The molecule has 0 spiro atoms. The molecule has 28 heavy (non-hydrogen) atoms. The van der Waals surface area contributed by atoms with E-state index in [0.717, 1.165) is 28.1 Å². The fraction of sp³-hybridized carbons (Fsp3) is 0.300. The number of thiazole rings is 1. The highest BCUT2D eigenvalue weighted by Gasteiger charge is 2.32. The molecule has 0 aliphatic carbocycles. The van der Waals surface area contributed by atoms with Gasteiger partial charge in [0.2, 0.25) is 10.0 Å². The van der Waals surface area contributed by atoms with Crippen LogP contribution in [0.15, 0.2) is 53.4 Å². The van der Waals surface area contributed by atoms with E-state index in [2.05, 4.69) is 5.32 Å². The van der Waals surface area contributed by atoms with Gasteiger partial charge in [-0.2, -0.15) is 4.31 Å². The molecule has 1 aliphatic heterocycles. The molecule has 1 fully saturated rings. The number of sulfonamides is 1. The maximum Gasteiger partial charge on any atom is 0.251 e. The van der Waals surface area contributed by atoms with Crippen molar-refractivity contribution in [2.45, 2.75) is 23.7 Å². The highest BCUT2D eigenvalue weighted by atomic mass is 32.2. The standard InChI is InChI=1S/C20H21N3O3S2/c1-21-19(24)14-8-10-16(11-9-14)28(25,26)23-12-4-5-15(13-23)20-22-17-6-2-3-7-18(17)27-20/h2-3,6-11,15H,4-5,12-13H2,1H3,(H,21,24)/t15-/m0/s1. The summed E-state index contributed by atoms with van der Waals surface area (Å²) in [6.45, 7) is 0.931. The second-order valence-corrected chi connectivity index (χ2v) is 9.83. The number of carbonyl (C=O) groups is 1. The molecule has 8 heteroatoms. The van der Waals surface area contributed by atoms with Crippen molar-refractivity contribution in [2.24, 2.45) is 0 Å². The van der Waals surface area contributed by atoms with Crippen molar-refractivity contribution in [3.8, 4) is 0 Å². The molecule has 4 rings (SSSR count). The predicted octanol–water partition coefficient (Wildman–Crippen LogP) is 3.22. The van der Waals surface area contributed by atoms with Gasteiger partial charge in [-0.25, -0.2) is 13.4 Å². The van der Waals surface area contributed by atoms with Crippen LogP contribution in [0, 0.1) is 0 Å². The van der Waals surface area contributed by atoms with E-state index in [4.69, 9.17) is 4.98 Å². The minimum absolute atomic E-state index is 0.103. The third-order valence-electron chi connectivity index (χ3n) is 5.03. The lowest BCUT2D eigenvalue weighted by Gasteiger charge is -2.31. The van der Waals surface area contributed by atoms with Crippen LogP contribution in [0.5, 0.6) is 0 Å². The molecule has 2 heterocycles. The van der Waals surface area contributed by atoms with E-state index in [0.29, 0.717) is 18.7 Å². The van der Waals surface area contributed by atoms with Gasteiger partial charge in [-0.3, -0.25) is 4.79 Å². The van der Waals surface area contributed by atoms with Crippen molar-refractivity contribution in [2.75, 3.05) is 20.1 Å². The minimum Gasteiger partial charge on any atom is -0.355 e. The summed E-state index contributed by atoms with van der Waals surface area (Å²) in [5.74, 6) is -0.135. The molecule has 3 aromatic rings. The van der Waals surface area contributed by atoms with Crippen molar-refractivity contribution >= 4 is 37.5 Å². The fourth-order valence-corrected chi connectivity index (χ4v) is 6.12.